The molecular formula is C20H25NO6. The number of benzene rings is 2. The molecule has 0 heterocycles. The second kappa shape index (κ2) is 10.4. The minimum atomic E-state index is -1.01. The van der Waals surface area contributed by atoms with E-state index in [0.717, 1.165) is 12.0 Å². The minimum Gasteiger partial charge on any atom is -0.504 e. The van der Waals surface area contributed by atoms with Gasteiger partial charge in [0.15, 0.2) is 18.1 Å². The summed E-state index contributed by atoms with van der Waals surface area (Å²) in [7, 11) is 0. The van der Waals surface area contributed by atoms with Crippen molar-refractivity contribution in [3.05, 3.63) is 54.1 Å². The van der Waals surface area contributed by atoms with Crippen molar-refractivity contribution in [2.75, 3.05) is 19.8 Å². The highest BCUT2D eigenvalue weighted by Crippen LogP contribution is 2.24. The highest BCUT2D eigenvalue weighted by molar-refractivity contribution is 5.68. The second-order valence-corrected chi connectivity index (χ2v) is 6.27. The van der Waals surface area contributed by atoms with Gasteiger partial charge in [-0.1, -0.05) is 24.3 Å². The van der Waals surface area contributed by atoms with Crippen LogP contribution in [0.15, 0.2) is 48.5 Å². The van der Waals surface area contributed by atoms with Gasteiger partial charge in [-0.25, -0.2) is 4.79 Å². The summed E-state index contributed by atoms with van der Waals surface area (Å²) in [4.78, 5) is 10.5. The fraction of sp³-hybridized carbons (Fsp3) is 0.350. The van der Waals surface area contributed by atoms with Crippen molar-refractivity contribution in [2.24, 2.45) is 0 Å². The number of carboxylic acid groups (broad SMARTS) is 1. The Labute approximate surface area is 158 Å². The van der Waals surface area contributed by atoms with Gasteiger partial charge < -0.3 is 30.1 Å². The molecule has 2 rings (SSSR count). The SMILES string of the molecule is CC(Cc1ccc(OCC(=O)O)cc1)NCC(O)COc1ccccc1O. The topological polar surface area (TPSA) is 108 Å². The van der Waals surface area contributed by atoms with E-state index in [1.165, 1.54) is 6.07 Å². The molecule has 0 amide bonds. The lowest BCUT2D eigenvalue weighted by Crippen LogP contribution is -2.37. The molecule has 7 heteroatoms. The molecule has 0 bridgehead atoms. The number of rotatable bonds is 11. The Morgan fingerprint density at radius 2 is 1.81 bits per heavy atom. The van der Waals surface area contributed by atoms with Crippen molar-refractivity contribution < 1.29 is 29.6 Å². The molecule has 2 aromatic rings. The zero-order chi connectivity index (χ0) is 19.6. The number of hydrogen-bond acceptors (Lipinski definition) is 6. The summed E-state index contributed by atoms with van der Waals surface area (Å²) in [5.74, 6) is -0.114. The first-order valence-electron chi connectivity index (χ1n) is 8.70. The Morgan fingerprint density at radius 3 is 2.48 bits per heavy atom. The molecule has 4 N–H and O–H groups in total. The van der Waals surface area contributed by atoms with E-state index in [2.05, 4.69) is 5.32 Å². The Kier molecular flexibility index (Phi) is 7.91. The molecule has 0 saturated carbocycles. The lowest BCUT2D eigenvalue weighted by molar-refractivity contribution is -0.139. The Hall–Kier alpha value is -2.77. The second-order valence-electron chi connectivity index (χ2n) is 6.27. The van der Waals surface area contributed by atoms with Gasteiger partial charge in [0, 0.05) is 12.6 Å². The van der Waals surface area contributed by atoms with Crippen LogP contribution in [-0.4, -0.2) is 53.2 Å². The average molecular weight is 375 g/mol. The number of para-hydroxylation sites is 2. The monoisotopic (exact) mass is 375 g/mol. The van der Waals surface area contributed by atoms with Crippen LogP contribution < -0.4 is 14.8 Å². The fourth-order valence-corrected chi connectivity index (χ4v) is 2.45. The van der Waals surface area contributed by atoms with E-state index in [1.807, 2.05) is 19.1 Å². The maximum absolute atomic E-state index is 10.5. The summed E-state index contributed by atoms with van der Waals surface area (Å²) in [6, 6.07) is 14.0. The van der Waals surface area contributed by atoms with E-state index < -0.39 is 12.1 Å². The van der Waals surface area contributed by atoms with Gasteiger partial charge in [-0.05, 0) is 43.2 Å². The predicted molar refractivity (Wildman–Crippen MR) is 100 cm³/mol. The lowest BCUT2D eigenvalue weighted by atomic mass is 10.1. The number of aromatic hydroxyl groups is 1. The number of aliphatic hydroxyl groups excluding tert-OH is 1. The number of phenols is 1. The number of nitrogens with one attached hydrogen (secondary N) is 1. The molecule has 0 aromatic heterocycles. The number of aliphatic carboxylic acids is 1. The highest BCUT2D eigenvalue weighted by atomic mass is 16.5. The van der Waals surface area contributed by atoms with Gasteiger partial charge in [-0.3, -0.25) is 0 Å². The normalized spacial score (nSPS) is 13.0. The zero-order valence-electron chi connectivity index (χ0n) is 15.2. The van der Waals surface area contributed by atoms with E-state index in [9.17, 15) is 15.0 Å². The molecule has 0 aliphatic heterocycles. The Balaban J connectivity index is 1.69. The van der Waals surface area contributed by atoms with E-state index in [0.29, 0.717) is 18.0 Å². The summed E-state index contributed by atoms with van der Waals surface area (Å²) in [6.07, 6.45) is 0.0329. The molecule has 2 aromatic carbocycles. The number of phenolic OH excluding ortho intramolecular Hbond substituents is 1. The number of aliphatic hydroxyl groups is 1. The van der Waals surface area contributed by atoms with E-state index in [4.69, 9.17) is 14.6 Å². The highest BCUT2D eigenvalue weighted by Gasteiger charge is 2.10. The summed E-state index contributed by atoms with van der Waals surface area (Å²) in [5, 5.41) is 31.5. The third-order valence-corrected chi connectivity index (χ3v) is 3.83. The molecule has 0 aliphatic carbocycles. The van der Waals surface area contributed by atoms with E-state index in [1.54, 1.807) is 30.3 Å². The van der Waals surface area contributed by atoms with Crippen LogP contribution in [0.3, 0.4) is 0 Å². The summed E-state index contributed by atoms with van der Waals surface area (Å²) < 4.78 is 10.5. The fourth-order valence-electron chi connectivity index (χ4n) is 2.45. The first-order valence-corrected chi connectivity index (χ1v) is 8.70. The molecule has 0 radical (unpaired) electrons. The molecule has 0 spiro atoms. The lowest BCUT2D eigenvalue weighted by Gasteiger charge is -2.18. The van der Waals surface area contributed by atoms with Crippen molar-refractivity contribution in [3.63, 3.8) is 0 Å². The Morgan fingerprint density at radius 1 is 1.11 bits per heavy atom. The van der Waals surface area contributed by atoms with Crippen LogP contribution in [0.2, 0.25) is 0 Å². The van der Waals surface area contributed by atoms with Gasteiger partial charge in [0.1, 0.15) is 18.5 Å². The largest absolute Gasteiger partial charge is 0.504 e. The van der Waals surface area contributed by atoms with Crippen LogP contribution in [0, 0.1) is 0 Å². The maximum atomic E-state index is 10.5. The molecule has 27 heavy (non-hydrogen) atoms. The molecule has 0 aliphatic rings. The quantitative estimate of drug-likeness (QED) is 0.474. The van der Waals surface area contributed by atoms with Gasteiger partial charge in [0.2, 0.25) is 0 Å². The first kappa shape index (κ1) is 20.5. The smallest absolute Gasteiger partial charge is 0.341 e. The number of carboxylic acids is 1. The standard InChI is InChI=1S/C20H25NO6/c1-14(10-15-6-8-17(9-7-15)26-13-20(24)25)21-11-16(22)12-27-19-5-3-2-4-18(19)23/h2-9,14,16,21-23H,10-13H2,1H3,(H,24,25). The van der Waals surface area contributed by atoms with Crippen molar-refractivity contribution in [1.29, 1.82) is 0 Å². The summed E-state index contributed by atoms with van der Waals surface area (Å²) >= 11 is 0. The average Bonchev–Trinajstić information content (AvgIpc) is 2.65. The predicted octanol–water partition coefficient (Wildman–Crippen LogP) is 1.82. The van der Waals surface area contributed by atoms with Gasteiger partial charge in [0.25, 0.3) is 0 Å². The van der Waals surface area contributed by atoms with Gasteiger partial charge >= 0.3 is 5.97 Å². The molecular weight excluding hydrogens is 350 g/mol. The molecule has 146 valence electrons. The summed E-state index contributed by atoms with van der Waals surface area (Å²) in [5.41, 5.74) is 1.07. The van der Waals surface area contributed by atoms with Crippen LogP contribution in [-0.2, 0) is 11.2 Å². The summed E-state index contributed by atoms with van der Waals surface area (Å²) in [6.45, 7) is 2.07. The number of carbonyl (C=O) groups is 1. The molecule has 0 fully saturated rings. The molecule has 2 atom stereocenters. The molecule has 2 unspecified atom stereocenters. The molecule has 0 saturated heterocycles. The van der Waals surface area contributed by atoms with Crippen LogP contribution in [0.5, 0.6) is 17.2 Å². The third-order valence-electron chi connectivity index (χ3n) is 3.83. The number of hydrogen-bond donors (Lipinski definition) is 4. The van der Waals surface area contributed by atoms with Crippen molar-refractivity contribution >= 4 is 5.97 Å². The zero-order valence-corrected chi connectivity index (χ0v) is 15.2. The molecule has 7 nitrogen and oxygen atoms in total. The first-order chi connectivity index (χ1) is 12.9. The Bertz CT molecular complexity index is 719. The maximum Gasteiger partial charge on any atom is 0.341 e. The van der Waals surface area contributed by atoms with Gasteiger partial charge in [-0.15, -0.1) is 0 Å². The van der Waals surface area contributed by atoms with Gasteiger partial charge in [0.05, 0.1) is 0 Å². The van der Waals surface area contributed by atoms with Crippen molar-refractivity contribution in [1.82, 2.24) is 5.32 Å². The van der Waals surface area contributed by atoms with Crippen LogP contribution in [0.4, 0.5) is 0 Å². The number of ether oxygens (including phenoxy) is 2. The third kappa shape index (κ3) is 7.55. The van der Waals surface area contributed by atoms with E-state index >= 15 is 0 Å². The van der Waals surface area contributed by atoms with Crippen LogP contribution >= 0.6 is 0 Å². The van der Waals surface area contributed by atoms with Crippen LogP contribution in [0.1, 0.15) is 12.5 Å². The van der Waals surface area contributed by atoms with Gasteiger partial charge in [-0.2, -0.15) is 0 Å². The van der Waals surface area contributed by atoms with Crippen molar-refractivity contribution in [3.8, 4) is 17.2 Å². The van der Waals surface area contributed by atoms with Crippen molar-refractivity contribution in [2.45, 2.75) is 25.5 Å². The minimum absolute atomic E-state index is 0.0433. The van der Waals surface area contributed by atoms with Crippen LogP contribution in [0.25, 0.3) is 0 Å². The van der Waals surface area contributed by atoms with E-state index in [-0.39, 0.29) is 25.0 Å².